The number of halogens is 1. The normalized spacial score (nSPS) is 10.9. The highest BCUT2D eigenvalue weighted by Gasteiger charge is 2.27. The van der Waals surface area contributed by atoms with Crippen LogP contribution in [0.25, 0.3) is 5.65 Å². The van der Waals surface area contributed by atoms with E-state index in [0.717, 1.165) is 5.65 Å². The molecule has 0 unspecified atom stereocenters. The molecule has 0 aliphatic rings. The quantitative estimate of drug-likeness (QED) is 0.578. The van der Waals surface area contributed by atoms with Crippen LogP contribution < -0.4 is 0 Å². The summed E-state index contributed by atoms with van der Waals surface area (Å²) in [6.45, 7) is 0.220. The molecule has 0 saturated heterocycles. The molecular formula is C13H11ClN6O3. The Hall–Kier alpha value is -2.94. The van der Waals surface area contributed by atoms with Gasteiger partial charge in [-0.15, -0.1) is 5.10 Å². The smallest absolute Gasteiger partial charge is 0.358 e. The predicted octanol–water partition coefficient (Wildman–Crippen LogP) is 1.89. The molecule has 0 aliphatic heterocycles. The first-order chi connectivity index (χ1) is 11.0. The van der Waals surface area contributed by atoms with Crippen LogP contribution in [0.4, 0.5) is 5.82 Å². The second-order valence-electron chi connectivity index (χ2n) is 4.85. The van der Waals surface area contributed by atoms with Crippen molar-refractivity contribution in [2.75, 3.05) is 7.05 Å². The van der Waals surface area contributed by atoms with Crippen LogP contribution in [0.3, 0.4) is 0 Å². The molecule has 9 nitrogen and oxygen atoms in total. The van der Waals surface area contributed by atoms with Crippen LogP contribution >= 0.6 is 11.6 Å². The van der Waals surface area contributed by atoms with Crippen LogP contribution in [0, 0.1) is 10.1 Å². The Morgan fingerprint density at radius 2 is 2.30 bits per heavy atom. The van der Waals surface area contributed by atoms with Crippen molar-refractivity contribution in [1.29, 1.82) is 0 Å². The fourth-order valence-electron chi connectivity index (χ4n) is 2.14. The number of hydrogen-bond donors (Lipinski definition) is 1. The van der Waals surface area contributed by atoms with Gasteiger partial charge in [-0.1, -0.05) is 22.8 Å². The van der Waals surface area contributed by atoms with Crippen molar-refractivity contribution in [3.63, 3.8) is 0 Å². The molecule has 0 radical (unpaired) electrons. The van der Waals surface area contributed by atoms with Gasteiger partial charge in [0.2, 0.25) is 0 Å². The molecule has 0 spiro atoms. The molecule has 3 heterocycles. The maximum Gasteiger partial charge on any atom is 0.362 e. The van der Waals surface area contributed by atoms with Crippen molar-refractivity contribution in [3.05, 3.63) is 57.1 Å². The molecule has 0 atom stereocenters. The first kappa shape index (κ1) is 15.0. The number of rotatable bonds is 4. The van der Waals surface area contributed by atoms with Crippen molar-refractivity contribution in [1.82, 2.24) is 24.5 Å². The van der Waals surface area contributed by atoms with Crippen LogP contribution in [0.5, 0.6) is 0 Å². The number of aromatic amines is 1. The largest absolute Gasteiger partial charge is 0.362 e. The number of pyridine rings is 1. The summed E-state index contributed by atoms with van der Waals surface area (Å²) >= 11 is 5.82. The fourth-order valence-corrected chi connectivity index (χ4v) is 2.38. The number of imidazole rings is 1. The number of hydrogen-bond acceptors (Lipinski definition) is 5. The summed E-state index contributed by atoms with van der Waals surface area (Å²) in [7, 11) is 1.54. The van der Waals surface area contributed by atoms with Crippen LogP contribution in [0.1, 0.15) is 16.2 Å². The number of carbonyl (C=O) groups excluding carboxylic acids is 1. The SMILES string of the molecule is CN(Cc1cn2ccccc2n1)C(=O)c1n[nH]c([N+](=O)[O-])c1Cl. The Bertz CT molecular complexity index is 869. The van der Waals surface area contributed by atoms with Crippen LogP contribution in [0.2, 0.25) is 5.02 Å². The monoisotopic (exact) mass is 334 g/mol. The Balaban J connectivity index is 1.81. The van der Waals surface area contributed by atoms with Gasteiger partial charge in [0.25, 0.3) is 5.91 Å². The lowest BCUT2D eigenvalue weighted by atomic mass is 10.3. The van der Waals surface area contributed by atoms with E-state index in [9.17, 15) is 14.9 Å². The number of nitro groups is 1. The third-order valence-electron chi connectivity index (χ3n) is 3.23. The Morgan fingerprint density at radius 3 is 2.96 bits per heavy atom. The van der Waals surface area contributed by atoms with E-state index >= 15 is 0 Å². The number of nitrogens with one attached hydrogen (secondary N) is 1. The molecule has 1 N–H and O–H groups in total. The lowest BCUT2D eigenvalue weighted by Gasteiger charge is -2.13. The number of amides is 1. The van der Waals surface area contributed by atoms with E-state index in [1.807, 2.05) is 28.8 Å². The van der Waals surface area contributed by atoms with E-state index in [4.69, 9.17) is 11.6 Å². The second-order valence-corrected chi connectivity index (χ2v) is 5.23. The summed E-state index contributed by atoms with van der Waals surface area (Å²) in [6, 6.07) is 5.58. The van der Waals surface area contributed by atoms with Gasteiger partial charge in [-0.3, -0.25) is 4.79 Å². The van der Waals surface area contributed by atoms with Gasteiger partial charge in [0.1, 0.15) is 5.65 Å². The van der Waals surface area contributed by atoms with E-state index in [2.05, 4.69) is 15.2 Å². The zero-order valence-electron chi connectivity index (χ0n) is 11.9. The standard InChI is InChI=1S/C13H11ClN6O3/c1-18(6-8-7-19-5-3-2-4-9(19)15-8)13(21)11-10(14)12(17-16-11)20(22)23/h2-5,7H,6H2,1H3,(H,16,17). The Labute approximate surface area is 134 Å². The Kier molecular flexibility index (Phi) is 3.70. The highest BCUT2D eigenvalue weighted by atomic mass is 35.5. The summed E-state index contributed by atoms with van der Waals surface area (Å²) in [6.07, 6.45) is 3.65. The number of fused-ring (bicyclic) bond motifs is 1. The highest BCUT2D eigenvalue weighted by molar-refractivity contribution is 6.35. The fraction of sp³-hybridized carbons (Fsp3) is 0.154. The molecule has 118 valence electrons. The van der Waals surface area contributed by atoms with E-state index in [0.29, 0.717) is 5.69 Å². The van der Waals surface area contributed by atoms with Crippen LogP contribution in [-0.4, -0.2) is 42.4 Å². The summed E-state index contributed by atoms with van der Waals surface area (Å²) in [5.74, 6) is -1.03. The first-order valence-electron chi connectivity index (χ1n) is 6.53. The van der Waals surface area contributed by atoms with Crippen molar-refractivity contribution in [2.24, 2.45) is 0 Å². The average molecular weight is 335 g/mol. The third kappa shape index (κ3) is 2.73. The molecule has 0 saturated carbocycles. The molecule has 3 aromatic rings. The molecule has 0 bridgehead atoms. The summed E-state index contributed by atoms with van der Waals surface area (Å²) in [5, 5.41) is 16.2. The van der Waals surface area contributed by atoms with Gasteiger partial charge in [-0.05, 0) is 17.1 Å². The van der Waals surface area contributed by atoms with Gasteiger partial charge in [-0.2, -0.15) is 0 Å². The molecule has 23 heavy (non-hydrogen) atoms. The topological polar surface area (TPSA) is 109 Å². The van der Waals surface area contributed by atoms with E-state index in [1.54, 1.807) is 13.2 Å². The minimum atomic E-state index is -0.728. The number of carbonyl (C=O) groups is 1. The predicted molar refractivity (Wildman–Crippen MR) is 81.2 cm³/mol. The van der Waals surface area contributed by atoms with Gasteiger partial charge in [0.05, 0.1) is 12.2 Å². The molecule has 1 amide bonds. The minimum Gasteiger partial charge on any atom is -0.358 e. The lowest BCUT2D eigenvalue weighted by molar-refractivity contribution is -0.389. The van der Waals surface area contributed by atoms with Crippen LogP contribution in [0.15, 0.2) is 30.6 Å². The molecule has 10 heteroatoms. The highest BCUT2D eigenvalue weighted by Crippen LogP contribution is 2.25. The van der Waals surface area contributed by atoms with E-state index < -0.39 is 16.6 Å². The summed E-state index contributed by atoms with van der Waals surface area (Å²) < 4.78 is 1.83. The van der Waals surface area contributed by atoms with Crippen molar-refractivity contribution < 1.29 is 9.72 Å². The van der Waals surface area contributed by atoms with Gasteiger partial charge < -0.3 is 19.4 Å². The molecule has 3 rings (SSSR count). The number of aromatic nitrogens is 4. The lowest BCUT2D eigenvalue weighted by Crippen LogP contribution is -2.27. The third-order valence-corrected chi connectivity index (χ3v) is 3.59. The molecule has 0 fully saturated rings. The Morgan fingerprint density at radius 1 is 1.52 bits per heavy atom. The van der Waals surface area contributed by atoms with Gasteiger partial charge >= 0.3 is 5.82 Å². The average Bonchev–Trinajstić information content (AvgIpc) is 3.09. The number of nitrogens with zero attached hydrogens (tertiary/aromatic N) is 5. The van der Waals surface area contributed by atoms with Crippen LogP contribution in [-0.2, 0) is 6.54 Å². The van der Waals surface area contributed by atoms with Gasteiger partial charge in [0, 0.05) is 19.4 Å². The van der Waals surface area contributed by atoms with Crippen molar-refractivity contribution in [2.45, 2.75) is 6.54 Å². The van der Waals surface area contributed by atoms with Gasteiger partial charge in [-0.25, -0.2) is 4.98 Å². The van der Waals surface area contributed by atoms with Crippen molar-refractivity contribution in [3.8, 4) is 0 Å². The zero-order valence-corrected chi connectivity index (χ0v) is 12.7. The second kappa shape index (κ2) is 5.69. The van der Waals surface area contributed by atoms with Crippen molar-refractivity contribution >= 4 is 29.0 Å². The van der Waals surface area contributed by atoms with E-state index in [1.165, 1.54) is 4.90 Å². The molecular weight excluding hydrogens is 324 g/mol. The number of H-pyrrole nitrogens is 1. The molecule has 3 aromatic heterocycles. The zero-order chi connectivity index (χ0) is 16.6. The maximum absolute atomic E-state index is 12.3. The minimum absolute atomic E-state index is 0.190. The van der Waals surface area contributed by atoms with Gasteiger partial charge in [0.15, 0.2) is 10.7 Å². The van der Waals surface area contributed by atoms with E-state index in [-0.39, 0.29) is 17.3 Å². The molecule has 0 aliphatic carbocycles. The first-order valence-corrected chi connectivity index (χ1v) is 6.91. The summed E-state index contributed by atoms with van der Waals surface area (Å²) in [5.41, 5.74) is 1.25. The maximum atomic E-state index is 12.3. The summed E-state index contributed by atoms with van der Waals surface area (Å²) in [4.78, 5) is 28.1. The molecule has 0 aromatic carbocycles.